The molecule has 1 saturated heterocycles. The van der Waals surface area contributed by atoms with Gasteiger partial charge in [-0.05, 0) is 53.1 Å². The molecule has 3 aliphatic rings. The summed E-state index contributed by atoms with van der Waals surface area (Å²) in [5.74, 6) is 1.60. The second kappa shape index (κ2) is 8.99. The van der Waals surface area contributed by atoms with Crippen LogP contribution in [0.15, 0.2) is 48.5 Å². The maximum absolute atomic E-state index is 13.3. The lowest BCUT2D eigenvalue weighted by Gasteiger charge is -2.40. The number of carbonyl (C=O) groups is 1. The van der Waals surface area contributed by atoms with Gasteiger partial charge in [-0.15, -0.1) is 0 Å². The number of rotatable bonds is 6. The predicted octanol–water partition coefficient (Wildman–Crippen LogP) is 4.23. The number of hydrogen-bond donors (Lipinski definition) is 2. The van der Waals surface area contributed by atoms with Crippen molar-refractivity contribution in [3.05, 3.63) is 65.2 Å². The van der Waals surface area contributed by atoms with Gasteiger partial charge in [-0.25, -0.2) is 0 Å². The van der Waals surface area contributed by atoms with Crippen molar-refractivity contribution >= 4 is 11.7 Å². The van der Waals surface area contributed by atoms with Crippen LogP contribution in [0.3, 0.4) is 0 Å². The number of nitrogens with one attached hydrogen (secondary N) is 1. The van der Waals surface area contributed by atoms with Gasteiger partial charge >= 0.3 is 5.97 Å². The SMILES string of the molecule is COc1cc([C@@H]2c3cc4c(cc3[C@@H](Nc3cccc(O)c3)[C@H]3COC(=O)[C@H]23)OCO4)cc(OC)c1OC. The third-order valence-electron chi connectivity index (χ3n) is 7.40. The molecule has 0 amide bonds. The van der Waals surface area contributed by atoms with Crippen LogP contribution in [-0.4, -0.2) is 45.8 Å². The zero-order valence-corrected chi connectivity index (χ0v) is 20.6. The van der Waals surface area contributed by atoms with Crippen LogP contribution in [0.2, 0.25) is 0 Å². The molecule has 0 radical (unpaired) electrons. The molecule has 2 N–H and O–H groups in total. The smallest absolute Gasteiger partial charge is 0.310 e. The first-order chi connectivity index (χ1) is 18.0. The van der Waals surface area contributed by atoms with E-state index in [9.17, 15) is 9.90 Å². The van der Waals surface area contributed by atoms with E-state index in [-0.39, 0.29) is 43.0 Å². The second-order valence-corrected chi connectivity index (χ2v) is 9.26. The van der Waals surface area contributed by atoms with Crippen molar-refractivity contribution in [2.75, 3.05) is 40.0 Å². The van der Waals surface area contributed by atoms with Gasteiger partial charge in [0.1, 0.15) is 5.75 Å². The van der Waals surface area contributed by atoms with Crippen molar-refractivity contribution < 1.29 is 38.3 Å². The largest absolute Gasteiger partial charge is 0.508 e. The van der Waals surface area contributed by atoms with Crippen LogP contribution < -0.4 is 29.0 Å². The van der Waals surface area contributed by atoms with Crippen LogP contribution in [0.5, 0.6) is 34.5 Å². The van der Waals surface area contributed by atoms with Crippen LogP contribution in [0, 0.1) is 11.8 Å². The van der Waals surface area contributed by atoms with E-state index in [0.717, 1.165) is 22.4 Å². The number of esters is 1. The van der Waals surface area contributed by atoms with Crippen LogP contribution in [-0.2, 0) is 9.53 Å². The average Bonchev–Trinajstić information content (AvgIpc) is 3.53. The van der Waals surface area contributed by atoms with Gasteiger partial charge in [-0.3, -0.25) is 4.79 Å². The molecule has 0 aromatic heterocycles. The van der Waals surface area contributed by atoms with Gasteiger partial charge in [0, 0.05) is 23.6 Å². The summed E-state index contributed by atoms with van der Waals surface area (Å²) in [5, 5.41) is 13.6. The highest BCUT2D eigenvalue weighted by molar-refractivity contribution is 5.79. The molecule has 0 spiro atoms. The topological polar surface area (TPSA) is 105 Å². The van der Waals surface area contributed by atoms with E-state index >= 15 is 0 Å². The van der Waals surface area contributed by atoms with Gasteiger partial charge in [0.15, 0.2) is 23.0 Å². The monoisotopic (exact) mass is 505 g/mol. The third-order valence-corrected chi connectivity index (χ3v) is 7.40. The minimum absolute atomic E-state index is 0.132. The summed E-state index contributed by atoms with van der Waals surface area (Å²) in [6.07, 6.45) is 0. The summed E-state index contributed by atoms with van der Waals surface area (Å²) in [7, 11) is 4.68. The minimum Gasteiger partial charge on any atom is -0.508 e. The Morgan fingerprint density at radius 3 is 2.24 bits per heavy atom. The Balaban J connectivity index is 1.55. The van der Waals surface area contributed by atoms with E-state index in [2.05, 4.69) is 5.32 Å². The van der Waals surface area contributed by atoms with Crippen molar-refractivity contribution in [1.29, 1.82) is 0 Å². The van der Waals surface area contributed by atoms with Crippen LogP contribution in [0.25, 0.3) is 0 Å². The highest BCUT2D eigenvalue weighted by atomic mass is 16.7. The Bertz CT molecular complexity index is 1350. The van der Waals surface area contributed by atoms with Crippen LogP contribution >= 0.6 is 0 Å². The van der Waals surface area contributed by atoms with Crippen molar-refractivity contribution in [2.24, 2.45) is 11.8 Å². The lowest BCUT2D eigenvalue weighted by Crippen LogP contribution is -2.37. The number of aromatic hydroxyl groups is 1. The first kappa shape index (κ1) is 23.1. The maximum Gasteiger partial charge on any atom is 0.310 e. The van der Waals surface area contributed by atoms with Crippen LogP contribution in [0.4, 0.5) is 5.69 Å². The lowest BCUT2D eigenvalue weighted by atomic mass is 9.65. The molecule has 4 atom stereocenters. The van der Waals surface area contributed by atoms with Crippen molar-refractivity contribution in [1.82, 2.24) is 0 Å². The van der Waals surface area contributed by atoms with E-state index in [1.807, 2.05) is 30.3 Å². The van der Waals surface area contributed by atoms with E-state index in [0.29, 0.717) is 28.7 Å². The summed E-state index contributed by atoms with van der Waals surface area (Å²) in [6.45, 7) is 0.390. The number of ether oxygens (including phenoxy) is 6. The van der Waals surface area contributed by atoms with Crippen LogP contribution in [0.1, 0.15) is 28.7 Å². The quantitative estimate of drug-likeness (QED) is 0.476. The molecule has 9 heteroatoms. The first-order valence-electron chi connectivity index (χ1n) is 12.0. The van der Waals surface area contributed by atoms with Gasteiger partial charge in [-0.1, -0.05) is 6.07 Å². The molecule has 192 valence electrons. The highest BCUT2D eigenvalue weighted by Crippen LogP contribution is 2.56. The van der Waals surface area contributed by atoms with Gasteiger partial charge in [-0.2, -0.15) is 0 Å². The summed E-state index contributed by atoms with van der Waals surface area (Å²) < 4.78 is 33.9. The van der Waals surface area contributed by atoms with E-state index in [1.165, 1.54) is 0 Å². The Kier molecular flexibility index (Phi) is 5.62. The number of cyclic esters (lactones) is 1. The Morgan fingerprint density at radius 1 is 0.892 bits per heavy atom. The molecule has 1 aliphatic carbocycles. The summed E-state index contributed by atoms with van der Waals surface area (Å²) in [5.41, 5.74) is 3.44. The number of hydrogen-bond acceptors (Lipinski definition) is 9. The lowest BCUT2D eigenvalue weighted by molar-refractivity contribution is -0.141. The van der Waals surface area contributed by atoms with Gasteiger partial charge in [0.2, 0.25) is 12.5 Å². The Labute approximate surface area is 213 Å². The first-order valence-corrected chi connectivity index (χ1v) is 12.0. The summed E-state index contributed by atoms with van der Waals surface area (Å²) in [6, 6.07) is 14.3. The minimum atomic E-state index is -0.481. The van der Waals surface area contributed by atoms with Gasteiger partial charge in [0.25, 0.3) is 0 Å². The zero-order chi connectivity index (χ0) is 25.7. The number of benzene rings is 3. The summed E-state index contributed by atoms with van der Waals surface area (Å²) in [4.78, 5) is 13.3. The fraction of sp³-hybridized carbons (Fsp3) is 0.321. The summed E-state index contributed by atoms with van der Waals surface area (Å²) >= 11 is 0. The molecular weight excluding hydrogens is 478 g/mol. The standard InChI is InChI=1S/C28H27NO8/c1-32-22-7-14(8-23(33-2)27(22)34-3)24-17-10-20-21(37-13-36-20)11-18(17)26(19-12-35-28(31)25(19)24)29-15-5-4-6-16(30)9-15/h4-11,19,24-26,29-30H,12-13H2,1-3H3/t19-,24+,25-,26+/m0/s1. The Hall–Kier alpha value is -4.27. The molecule has 37 heavy (non-hydrogen) atoms. The molecule has 3 aromatic rings. The number of methoxy groups -OCH3 is 3. The number of phenols is 1. The van der Waals surface area contributed by atoms with Crippen molar-refractivity contribution in [3.8, 4) is 34.5 Å². The molecule has 0 unspecified atom stereocenters. The number of phenolic OH excluding ortho intramolecular Hbond substituents is 1. The molecule has 6 rings (SSSR count). The molecule has 0 saturated carbocycles. The van der Waals surface area contributed by atoms with Gasteiger partial charge in [0.05, 0.1) is 39.9 Å². The fourth-order valence-corrected chi connectivity index (χ4v) is 5.80. The van der Waals surface area contributed by atoms with E-state index in [4.69, 9.17) is 28.4 Å². The zero-order valence-electron chi connectivity index (χ0n) is 20.6. The Morgan fingerprint density at radius 2 is 1.59 bits per heavy atom. The predicted molar refractivity (Wildman–Crippen MR) is 133 cm³/mol. The number of anilines is 1. The van der Waals surface area contributed by atoms with Gasteiger partial charge < -0.3 is 38.8 Å². The normalized spacial score (nSPS) is 23.1. The molecule has 0 bridgehead atoms. The molecule has 9 nitrogen and oxygen atoms in total. The highest BCUT2D eigenvalue weighted by Gasteiger charge is 2.52. The van der Waals surface area contributed by atoms with E-state index < -0.39 is 5.92 Å². The number of carbonyl (C=O) groups excluding carboxylic acids is 1. The molecular formula is C28H27NO8. The molecule has 2 aliphatic heterocycles. The van der Waals surface area contributed by atoms with Crippen molar-refractivity contribution in [2.45, 2.75) is 12.0 Å². The van der Waals surface area contributed by atoms with E-state index in [1.54, 1.807) is 39.5 Å². The fourth-order valence-electron chi connectivity index (χ4n) is 5.80. The average molecular weight is 506 g/mol. The second-order valence-electron chi connectivity index (χ2n) is 9.26. The molecule has 3 aromatic carbocycles. The maximum atomic E-state index is 13.3. The molecule has 2 heterocycles. The third kappa shape index (κ3) is 3.73. The molecule has 1 fully saturated rings. The number of fused-ring (bicyclic) bond motifs is 3. The van der Waals surface area contributed by atoms with Crippen molar-refractivity contribution in [3.63, 3.8) is 0 Å².